The molecule has 1 aromatic carbocycles. The van der Waals surface area contributed by atoms with Gasteiger partial charge in [0, 0.05) is 38.1 Å². The number of amides is 1. The predicted molar refractivity (Wildman–Crippen MR) is 130 cm³/mol. The van der Waals surface area contributed by atoms with Crippen LogP contribution in [0, 0.1) is 6.92 Å². The number of nitrogens with zero attached hydrogens (tertiary/aromatic N) is 3. The highest BCUT2D eigenvalue weighted by atomic mass is 127. The Labute approximate surface area is 198 Å². The van der Waals surface area contributed by atoms with Gasteiger partial charge in [0.15, 0.2) is 5.96 Å². The molecule has 0 atom stereocenters. The lowest BCUT2D eigenvalue weighted by atomic mass is 10.2. The van der Waals surface area contributed by atoms with Crippen LogP contribution in [0.5, 0.6) is 0 Å². The summed E-state index contributed by atoms with van der Waals surface area (Å²) in [4.78, 5) is 23.4. The van der Waals surface area contributed by atoms with Gasteiger partial charge in [0.1, 0.15) is 0 Å². The second-order valence-electron chi connectivity index (χ2n) is 6.54. The number of primary sulfonamides is 1. The molecule has 2 rings (SSSR count). The van der Waals surface area contributed by atoms with E-state index >= 15 is 0 Å². The molecule has 1 heterocycles. The van der Waals surface area contributed by atoms with Crippen molar-refractivity contribution in [2.24, 2.45) is 10.1 Å². The van der Waals surface area contributed by atoms with Crippen molar-refractivity contribution < 1.29 is 13.2 Å². The summed E-state index contributed by atoms with van der Waals surface area (Å²) in [7, 11) is -0.348. The van der Waals surface area contributed by atoms with Gasteiger partial charge in [0.2, 0.25) is 15.9 Å². The van der Waals surface area contributed by atoms with Crippen LogP contribution in [0.1, 0.15) is 15.4 Å². The molecule has 0 aliphatic rings. The zero-order valence-corrected chi connectivity index (χ0v) is 21.0. The molecule has 166 valence electrons. The van der Waals surface area contributed by atoms with Crippen LogP contribution in [-0.4, -0.2) is 57.4 Å². The van der Waals surface area contributed by atoms with Gasteiger partial charge in [-0.25, -0.2) is 23.5 Å². The Balaban J connectivity index is 0.00000450. The van der Waals surface area contributed by atoms with Gasteiger partial charge in [0.25, 0.3) is 0 Å². The van der Waals surface area contributed by atoms with Crippen LogP contribution in [0.4, 0.5) is 0 Å². The summed E-state index contributed by atoms with van der Waals surface area (Å²) < 4.78 is 22.7. The van der Waals surface area contributed by atoms with Crippen molar-refractivity contribution in [3.05, 3.63) is 45.9 Å². The number of rotatable bonds is 8. The van der Waals surface area contributed by atoms with Gasteiger partial charge in [-0.1, -0.05) is 12.1 Å². The first-order valence-corrected chi connectivity index (χ1v) is 11.3. The highest BCUT2D eigenvalue weighted by Crippen LogP contribution is 2.11. The molecule has 0 aliphatic carbocycles. The number of nitrogens with one attached hydrogen (secondary N) is 2. The Hall–Kier alpha value is -1.77. The number of aromatic nitrogens is 1. The van der Waals surface area contributed by atoms with E-state index in [2.05, 4.69) is 20.6 Å². The summed E-state index contributed by atoms with van der Waals surface area (Å²) >= 11 is 1.64. The number of aliphatic imine (C=N–C) groups is 1. The van der Waals surface area contributed by atoms with Gasteiger partial charge in [-0.05, 0) is 24.6 Å². The molecule has 0 aliphatic heterocycles. The molecule has 0 saturated carbocycles. The number of likely N-dealkylation sites (N-methyl/N-ethyl adjacent to an activating group) is 1. The second kappa shape index (κ2) is 12.2. The maximum Gasteiger partial charge on any atom is 0.241 e. The average molecular weight is 566 g/mol. The van der Waals surface area contributed by atoms with Crippen molar-refractivity contribution in [2.45, 2.75) is 24.8 Å². The van der Waals surface area contributed by atoms with Crippen LogP contribution in [0.25, 0.3) is 0 Å². The number of halogens is 1. The number of guanidine groups is 1. The van der Waals surface area contributed by atoms with E-state index in [9.17, 15) is 13.2 Å². The van der Waals surface area contributed by atoms with E-state index in [1.165, 1.54) is 17.0 Å². The van der Waals surface area contributed by atoms with Crippen molar-refractivity contribution in [3.8, 4) is 0 Å². The Morgan fingerprint density at radius 3 is 2.43 bits per heavy atom. The fourth-order valence-corrected chi connectivity index (χ4v) is 3.55. The van der Waals surface area contributed by atoms with Gasteiger partial charge < -0.3 is 15.5 Å². The van der Waals surface area contributed by atoms with Crippen molar-refractivity contribution in [1.82, 2.24) is 20.5 Å². The molecule has 2 aromatic rings. The highest BCUT2D eigenvalue weighted by Gasteiger charge is 2.08. The summed E-state index contributed by atoms with van der Waals surface area (Å²) in [5, 5.41) is 12.3. The van der Waals surface area contributed by atoms with Gasteiger partial charge in [-0.15, -0.1) is 35.3 Å². The number of carbonyl (C=O) groups excluding carboxylic acids is 1. The zero-order chi connectivity index (χ0) is 21.4. The molecule has 0 spiro atoms. The number of hydrogen-bond acceptors (Lipinski definition) is 6. The van der Waals surface area contributed by atoms with Crippen molar-refractivity contribution in [1.29, 1.82) is 0 Å². The molecule has 0 bridgehead atoms. The number of nitrogens with two attached hydrogens (primary N) is 1. The van der Waals surface area contributed by atoms with Crippen LogP contribution < -0.4 is 15.8 Å². The Bertz CT molecular complexity index is 959. The molecule has 30 heavy (non-hydrogen) atoms. The molecule has 0 unspecified atom stereocenters. The van der Waals surface area contributed by atoms with E-state index < -0.39 is 10.0 Å². The summed E-state index contributed by atoms with van der Waals surface area (Å²) in [6, 6.07) is 6.20. The van der Waals surface area contributed by atoms with Gasteiger partial charge >= 0.3 is 0 Å². The smallest absolute Gasteiger partial charge is 0.241 e. The first-order valence-electron chi connectivity index (χ1n) is 8.90. The first kappa shape index (κ1) is 26.3. The normalized spacial score (nSPS) is 11.5. The number of thiazole rings is 1. The highest BCUT2D eigenvalue weighted by molar-refractivity contribution is 14.0. The van der Waals surface area contributed by atoms with Crippen LogP contribution in [0.2, 0.25) is 0 Å². The lowest BCUT2D eigenvalue weighted by Crippen LogP contribution is -2.43. The monoisotopic (exact) mass is 566 g/mol. The maximum absolute atomic E-state index is 11.9. The largest absolute Gasteiger partial charge is 0.356 e. The molecule has 0 radical (unpaired) electrons. The minimum atomic E-state index is -3.72. The SMILES string of the molecule is Cc1cnc(CCNC(=NCc2ccc(S(N)(=O)=O)cc2)NCC(=O)N(C)C)s1.I. The predicted octanol–water partition coefficient (Wildman–Crippen LogP) is 1.08. The molecule has 1 aromatic heterocycles. The maximum atomic E-state index is 11.9. The van der Waals surface area contributed by atoms with Crippen molar-refractivity contribution >= 4 is 57.2 Å². The third-order valence-corrected chi connectivity index (χ3v) is 5.78. The minimum absolute atomic E-state index is 0. The number of aryl methyl sites for hydroxylation is 1. The lowest BCUT2D eigenvalue weighted by Gasteiger charge is -2.14. The Kier molecular flexibility index (Phi) is 10.7. The van der Waals surface area contributed by atoms with E-state index in [1.807, 2.05) is 13.1 Å². The third-order valence-electron chi connectivity index (χ3n) is 3.88. The van der Waals surface area contributed by atoms with E-state index in [0.717, 1.165) is 21.9 Å². The van der Waals surface area contributed by atoms with Gasteiger partial charge in [-0.2, -0.15) is 0 Å². The number of carbonyl (C=O) groups is 1. The Morgan fingerprint density at radius 2 is 1.90 bits per heavy atom. The molecule has 1 amide bonds. The fourth-order valence-electron chi connectivity index (χ4n) is 2.25. The van der Waals surface area contributed by atoms with Crippen LogP contribution >= 0.6 is 35.3 Å². The lowest BCUT2D eigenvalue weighted by molar-refractivity contribution is -0.127. The van der Waals surface area contributed by atoms with Crippen LogP contribution in [-0.2, 0) is 27.8 Å². The van der Waals surface area contributed by atoms with E-state index in [1.54, 1.807) is 37.6 Å². The third kappa shape index (κ3) is 8.93. The summed E-state index contributed by atoms with van der Waals surface area (Å²) in [6.07, 6.45) is 2.58. The number of benzene rings is 1. The van der Waals surface area contributed by atoms with E-state index in [0.29, 0.717) is 19.0 Å². The average Bonchev–Trinajstić information content (AvgIpc) is 3.07. The van der Waals surface area contributed by atoms with Crippen molar-refractivity contribution in [3.63, 3.8) is 0 Å². The van der Waals surface area contributed by atoms with E-state index in [-0.39, 0.29) is 41.3 Å². The zero-order valence-electron chi connectivity index (χ0n) is 17.1. The molecule has 9 nitrogen and oxygen atoms in total. The summed E-state index contributed by atoms with van der Waals surface area (Å²) in [5.41, 5.74) is 0.813. The minimum Gasteiger partial charge on any atom is -0.356 e. The second-order valence-corrected chi connectivity index (χ2v) is 9.42. The van der Waals surface area contributed by atoms with Crippen LogP contribution in [0.3, 0.4) is 0 Å². The summed E-state index contributed by atoms with van der Waals surface area (Å²) in [5.74, 6) is 0.413. The number of sulfonamides is 1. The van der Waals surface area contributed by atoms with Crippen molar-refractivity contribution in [2.75, 3.05) is 27.2 Å². The molecular weight excluding hydrogens is 539 g/mol. The van der Waals surface area contributed by atoms with E-state index in [4.69, 9.17) is 5.14 Å². The van der Waals surface area contributed by atoms with Gasteiger partial charge in [-0.3, -0.25) is 4.79 Å². The van der Waals surface area contributed by atoms with Gasteiger partial charge in [0.05, 0.1) is 23.0 Å². The number of hydrogen-bond donors (Lipinski definition) is 3. The standard InChI is InChI=1S/C18H26N6O3S2.HI/c1-13-10-21-16(28-13)8-9-20-18(23-12-17(25)24(2)3)22-11-14-4-6-15(7-5-14)29(19,26)27;/h4-7,10H,8-9,11-12H2,1-3H3,(H2,19,26,27)(H2,20,22,23);1H. The quantitative estimate of drug-likeness (QED) is 0.249. The molecule has 12 heteroatoms. The van der Waals surface area contributed by atoms with Crippen LogP contribution in [0.15, 0.2) is 40.4 Å². The molecule has 0 saturated heterocycles. The fraction of sp³-hybridized carbons (Fsp3) is 0.389. The molecular formula is C18H27IN6O3S2. The first-order chi connectivity index (χ1) is 13.6. The topological polar surface area (TPSA) is 130 Å². The molecule has 4 N–H and O–H groups in total. The summed E-state index contributed by atoms with van der Waals surface area (Å²) in [6.45, 7) is 3.04. The molecule has 0 fully saturated rings. The Morgan fingerprint density at radius 1 is 1.23 bits per heavy atom.